The first kappa shape index (κ1) is 17.5. The first-order valence-corrected chi connectivity index (χ1v) is 11.4. The van der Waals surface area contributed by atoms with Crippen LogP contribution in [-0.4, -0.2) is 25.9 Å². The van der Waals surface area contributed by atoms with Crippen LogP contribution >= 0.6 is 23.6 Å². The summed E-state index contributed by atoms with van der Waals surface area (Å²) in [4.78, 5) is 6.52. The van der Waals surface area contributed by atoms with Gasteiger partial charge in [-0.3, -0.25) is 0 Å². The molecule has 4 heterocycles. The van der Waals surface area contributed by atoms with Crippen molar-refractivity contribution in [2.75, 3.05) is 6.54 Å². The largest absolute Gasteiger partial charge is 0.308 e. The smallest absolute Gasteiger partial charge is 0.202 e. The third kappa shape index (κ3) is 3.37. The van der Waals surface area contributed by atoms with E-state index in [2.05, 4.69) is 33.5 Å². The molecule has 0 spiro atoms. The standard InChI is InChI=1S/C20H25N5S2/c26-20-24-13-6-1-2-11-18(24)22-25(20)14-23-12-7-5-9-16(23)19-21-15-8-3-4-10-17(15)27-19/h3-4,8,10,16H,1-2,5-7,9,11-14H2/p+1/t16-/m0/s1. The van der Waals surface area contributed by atoms with Crippen molar-refractivity contribution in [1.29, 1.82) is 0 Å². The fraction of sp³-hybridized carbons (Fsp3) is 0.550. The molecule has 1 saturated heterocycles. The first-order valence-electron chi connectivity index (χ1n) is 10.2. The van der Waals surface area contributed by atoms with Gasteiger partial charge < -0.3 is 9.47 Å². The van der Waals surface area contributed by atoms with Crippen LogP contribution in [0.5, 0.6) is 0 Å². The van der Waals surface area contributed by atoms with Crippen molar-refractivity contribution < 1.29 is 4.90 Å². The molecule has 2 atom stereocenters. The quantitative estimate of drug-likeness (QED) is 0.684. The Balaban J connectivity index is 1.44. The van der Waals surface area contributed by atoms with Crippen LogP contribution in [0.1, 0.15) is 55.4 Å². The van der Waals surface area contributed by atoms with Crippen LogP contribution in [0.15, 0.2) is 24.3 Å². The van der Waals surface area contributed by atoms with Gasteiger partial charge in [0.1, 0.15) is 11.9 Å². The number of quaternary nitrogens is 1. The summed E-state index contributed by atoms with van der Waals surface area (Å²) < 4.78 is 6.57. The minimum absolute atomic E-state index is 0.458. The molecule has 5 rings (SSSR count). The highest BCUT2D eigenvalue weighted by Gasteiger charge is 2.31. The van der Waals surface area contributed by atoms with E-state index in [0.29, 0.717) is 6.04 Å². The molecule has 1 aromatic carbocycles. The number of aromatic nitrogens is 4. The molecular formula is C20H26N5S2+. The van der Waals surface area contributed by atoms with Crippen molar-refractivity contribution in [2.45, 2.75) is 64.2 Å². The van der Waals surface area contributed by atoms with E-state index in [4.69, 9.17) is 22.3 Å². The molecule has 0 radical (unpaired) electrons. The van der Waals surface area contributed by atoms with Gasteiger partial charge in [0.2, 0.25) is 4.77 Å². The Labute approximate surface area is 168 Å². The molecule has 0 amide bonds. The number of para-hydroxylation sites is 1. The lowest BCUT2D eigenvalue weighted by Gasteiger charge is -2.30. The van der Waals surface area contributed by atoms with Gasteiger partial charge in [-0.1, -0.05) is 18.6 Å². The highest BCUT2D eigenvalue weighted by Crippen LogP contribution is 2.28. The predicted molar refractivity (Wildman–Crippen MR) is 111 cm³/mol. The second-order valence-corrected chi connectivity index (χ2v) is 9.22. The number of hydrogen-bond acceptors (Lipinski definition) is 4. The van der Waals surface area contributed by atoms with Crippen LogP contribution in [0.2, 0.25) is 0 Å². The number of nitrogens with one attached hydrogen (secondary N) is 1. The van der Waals surface area contributed by atoms with Crippen molar-refractivity contribution >= 4 is 33.8 Å². The molecule has 27 heavy (non-hydrogen) atoms. The van der Waals surface area contributed by atoms with Crippen LogP contribution in [0, 0.1) is 4.77 Å². The van der Waals surface area contributed by atoms with Crippen molar-refractivity contribution in [1.82, 2.24) is 19.3 Å². The van der Waals surface area contributed by atoms with Crippen molar-refractivity contribution in [3.63, 3.8) is 0 Å². The van der Waals surface area contributed by atoms with Gasteiger partial charge >= 0.3 is 0 Å². The van der Waals surface area contributed by atoms with Crippen molar-refractivity contribution in [3.05, 3.63) is 39.9 Å². The molecule has 0 saturated carbocycles. The van der Waals surface area contributed by atoms with E-state index >= 15 is 0 Å². The lowest BCUT2D eigenvalue weighted by Crippen LogP contribution is -3.12. The number of rotatable bonds is 3. The van der Waals surface area contributed by atoms with Crippen LogP contribution in [-0.2, 0) is 19.6 Å². The third-order valence-corrected chi connectivity index (χ3v) is 7.56. The minimum atomic E-state index is 0.458. The molecule has 2 aliphatic rings. The Kier molecular flexibility index (Phi) is 4.83. The van der Waals surface area contributed by atoms with Gasteiger partial charge in [-0.2, -0.15) is 9.78 Å². The fourth-order valence-electron chi connectivity index (χ4n) is 4.53. The van der Waals surface area contributed by atoms with Gasteiger partial charge in [0.05, 0.1) is 16.8 Å². The number of benzene rings is 1. The second kappa shape index (κ2) is 7.45. The molecule has 5 nitrogen and oxygen atoms in total. The maximum Gasteiger partial charge on any atom is 0.202 e. The van der Waals surface area contributed by atoms with Crippen LogP contribution in [0.25, 0.3) is 10.2 Å². The molecule has 1 N–H and O–H groups in total. The molecule has 2 aliphatic heterocycles. The van der Waals surface area contributed by atoms with Gasteiger partial charge in [0.25, 0.3) is 0 Å². The van der Waals surface area contributed by atoms with E-state index in [0.717, 1.165) is 29.9 Å². The maximum atomic E-state index is 5.79. The van der Waals surface area contributed by atoms with Crippen LogP contribution < -0.4 is 4.90 Å². The zero-order valence-corrected chi connectivity index (χ0v) is 17.2. The average Bonchev–Trinajstić information content (AvgIpc) is 3.15. The highest BCUT2D eigenvalue weighted by atomic mass is 32.1. The molecule has 0 aliphatic carbocycles. The second-order valence-electron chi connectivity index (χ2n) is 7.80. The number of aryl methyl sites for hydroxylation is 1. The van der Waals surface area contributed by atoms with Gasteiger partial charge in [0.15, 0.2) is 11.7 Å². The van der Waals surface area contributed by atoms with Gasteiger partial charge in [-0.05, 0) is 50.0 Å². The Morgan fingerprint density at radius 2 is 2.07 bits per heavy atom. The zero-order valence-electron chi connectivity index (χ0n) is 15.6. The summed E-state index contributed by atoms with van der Waals surface area (Å²) >= 11 is 7.65. The molecule has 1 unspecified atom stereocenters. The summed E-state index contributed by atoms with van der Waals surface area (Å²) in [6, 6.07) is 8.95. The minimum Gasteiger partial charge on any atom is -0.308 e. The highest BCUT2D eigenvalue weighted by molar-refractivity contribution is 7.71. The molecule has 142 valence electrons. The number of piperidine rings is 1. The number of fused-ring (bicyclic) bond motifs is 2. The van der Waals surface area contributed by atoms with Crippen molar-refractivity contribution in [3.8, 4) is 0 Å². The monoisotopic (exact) mass is 400 g/mol. The zero-order chi connectivity index (χ0) is 18.2. The van der Waals surface area contributed by atoms with Gasteiger partial charge in [0, 0.05) is 19.4 Å². The van der Waals surface area contributed by atoms with E-state index in [1.54, 1.807) is 4.90 Å². The maximum absolute atomic E-state index is 5.79. The Morgan fingerprint density at radius 3 is 3.00 bits per heavy atom. The topological polar surface area (TPSA) is 40.1 Å². The predicted octanol–water partition coefficient (Wildman–Crippen LogP) is 3.52. The molecule has 0 bridgehead atoms. The summed E-state index contributed by atoms with van der Waals surface area (Å²) in [6.07, 6.45) is 8.57. The molecular weight excluding hydrogens is 374 g/mol. The molecule has 7 heteroatoms. The summed E-state index contributed by atoms with van der Waals surface area (Å²) in [5.74, 6) is 1.19. The van der Waals surface area contributed by atoms with E-state index in [-0.39, 0.29) is 0 Å². The van der Waals surface area contributed by atoms with E-state index in [9.17, 15) is 0 Å². The average molecular weight is 401 g/mol. The first-order chi connectivity index (χ1) is 13.3. The number of likely N-dealkylation sites (tertiary alicyclic amines) is 1. The Morgan fingerprint density at radius 1 is 1.15 bits per heavy atom. The summed E-state index contributed by atoms with van der Waals surface area (Å²) in [6.45, 7) is 3.06. The van der Waals surface area contributed by atoms with E-state index in [1.165, 1.54) is 60.6 Å². The summed E-state index contributed by atoms with van der Waals surface area (Å²) in [7, 11) is 0. The van der Waals surface area contributed by atoms with Gasteiger partial charge in [-0.25, -0.2) is 4.98 Å². The lowest BCUT2D eigenvalue weighted by atomic mass is 10.0. The Hall–Kier alpha value is -1.57. The summed E-state index contributed by atoms with van der Waals surface area (Å²) in [5.41, 5.74) is 1.13. The van der Waals surface area contributed by atoms with E-state index in [1.807, 2.05) is 11.3 Å². The van der Waals surface area contributed by atoms with Crippen LogP contribution in [0.3, 0.4) is 0 Å². The normalized spacial score (nSPS) is 23.3. The lowest BCUT2D eigenvalue weighted by molar-refractivity contribution is -0.959. The molecule has 3 aromatic rings. The Bertz CT molecular complexity index is 968. The number of hydrogen-bond donors (Lipinski definition) is 1. The number of thiazole rings is 1. The molecule has 2 aromatic heterocycles. The van der Waals surface area contributed by atoms with Gasteiger partial charge in [-0.15, -0.1) is 11.3 Å². The van der Waals surface area contributed by atoms with E-state index < -0.39 is 0 Å². The molecule has 1 fully saturated rings. The van der Waals surface area contributed by atoms with Crippen LogP contribution in [0.4, 0.5) is 0 Å². The third-order valence-electron chi connectivity index (χ3n) is 5.98. The summed E-state index contributed by atoms with van der Waals surface area (Å²) in [5, 5.41) is 6.19. The SMILES string of the molecule is S=c1n(C[NH+]2CCCC[C@H]2c2nc3ccccc3s2)nc2n1CCCCC2. The fourth-order valence-corrected chi connectivity index (χ4v) is 5.99. The number of nitrogens with zero attached hydrogens (tertiary/aromatic N) is 4. The van der Waals surface area contributed by atoms with Crippen molar-refractivity contribution in [2.24, 2.45) is 0 Å².